The summed E-state index contributed by atoms with van der Waals surface area (Å²) in [5.74, 6) is 0.684. The number of amides is 1. The number of hydrogen-bond acceptors (Lipinski definition) is 2. The van der Waals surface area contributed by atoms with E-state index in [1.54, 1.807) is 24.3 Å². The minimum atomic E-state index is 0.0844. The molecule has 3 rings (SSSR count). The Balaban J connectivity index is 1.60. The zero-order valence-corrected chi connectivity index (χ0v) is 16.3. The lowest BCUT2D eigenvalue weighted by molar-refractivity contribution is 0.0689. The van der Waals surface area contributed by atoms with Gasteiger partial charge in [0.1, 0.15) is 0 Å². The molecule has 138 valence electrons. The maximum Gasteiger partial charge on any atom is 0.253 e. The summed E-state index contributed by atoms with van der Waals surface area (Å²) < 4.78 is 0. The standard InChI is InChI=1S/C22H27ClN2O/c1-24-15-16-4-3-5-19(14-16)17-8-12-21(13-9-17)25(2)22(26)18-6-10-20(23)11-7-18/h3-7,10-11,14,17,21,24H,8-9,12-13,15H2,1-2H3. The van der Waals surface area contributed by atoms with Crippen LogP contribution >= 0.6 is 11.6 Å². The van der Waals surface area contributed by atoms with Crippen LogP contribution in [0.25, 0.3) is 0 Å². The summed E-state index contributed by atoms with van der Waals surface area (Å²) in [5, 5.41) is 3.87. The van der Waals surface area contributed by atoms with E-state index in [1.807, 2.05) is 19.0 Å². The van der Waals surface area contributed by atoms with Crippen molar-refractivity contribution in [3.05, 3.63) is 70.2 Å². The van der Waals surface area contributed by atoms with Gasteiger partial charge in [0.25, 0.3) is 5.91 Å². The number of hydrogen-bond donors (Lipinski definition) is 1. The number of rotatable bonds is 5. The van der Waals surface area contributed by atoms with Crippen molar-refractivity contribution < 1.29 is 4.79 Å². The monoisotopic (exact) mass is 370 g/mol. The fourth-order valence-corrected chi connectivity index (χ4v) is 4.05. The lowest BCUT2D eigenvalue weighted by Crippen LogP contribution is -2.39. The van der Waals surface area contributed by atoms with Gasteiger partial charge in [0.05, 0.1) is 0 Å². The predicted octanol–water partition coefficient (Wildman–Crippen LogP) is 4.86. The molecule has 1 amide bonds. The molecule has 1 aliphatic carbocycles. The summed E-state index contributed by atoms with van der Waals surface area (Å²) in [7, 11) is 3.90. The first-order valence-corrected chi connectivity index (χ1v) is 9.72. The van der Waals surface area contributed by atoms with Crippen LogP contribution in [0, 0.1) is 0 Å². The highest BCUT2D eigenvalue weighted by Crippen LogP contribution is 2.35. The van der Waals surface area contributed by atoms with Crippen LogP contribution < -0.4 is 5.32 Å². The molecular formula is C22H27ClN2O. The smallest absolute Gasteiger partial charge is 0.253 e. The molecule has 0 unspecified atom stereocenters. The molecule has 0 aromatic heterocycles. The van der Waals surface area contributed by atoms with Crippen molar-refractivity contribution in [2.75, 3.05) is 14.1 Å². The summed E-state index contributed by atoms with van der Waals surface area (Å²) in [6.45, 7) is 0.904. The number of nitrogens with zero attached hydrogens (tertiary/aromatic N) is 1. The SMILES string of the molecule is CNCc1cccc(C2CCC(N(C)C(=O)c3ccc(Cl)cc3)CC2)c1. The highest BCUT2D eigenvalue weighted by atomic mass is 35.5. The van der Waals surface area contributed by atoms with Gasteiger partial charge in [0.15, 0.2) is 0 Å². The van der Waals surface area contributed by atoms with Gasteiger partial charge in [-0.1, -0.05) is 35.9 Å². The van der Waals surface area contributed by atoms with Crippen LogP contribution in [0.2, 0.25) is 5.02 Å². The molecule has 2 aromatic rings. The van der Waals surface area contributed by atoms with Crippen LogP contribution in [-0.2, 0) is 6.54 Å². The third-order valence-corrected chi connectivity index (χ3v) is 5.71. The Morgan fingerprint density at radius 3 is 2.46 bits per heavy atom. The van der Waals surface area contributed by atoms with Crippen LogP contribution in [0.4, 0.5) is 0 Å². The van der Waals surface area contributed by atoms with Crippen LogP contribution in [0.5, 0.6) is 0 Å². The first kappa shape index (κ1) is 18.9. The maximum atomic E-state index is 12.7. The molecule has 1 fully saturated rings. The minimum Gasteiger partial charge on any atom is -0.339 e. The van der Waals surface area contributed by atoms with Gasteiger partial charge in [0.2, 0.25) is 0 Å². The highest BCUT2D eigenvalue weighted by molar-refractivity contribution is 6.30. The fraction of sp³-hybridized carbons (Fsp3) is 0.409. The van der Waals surface area contributed by atoms with E-state index in [4.69, 9.17) is 11.6 Å². The third-order valence-electron chi connectivity index (χ3n) is 5.46. The van der Waals surface area contributed by atoms with E-state index in [-0.39, 0.29) is 5.91 Å². The topological polar surface area (TPSA) is 32.3 Å². The van der Waals surface area contributed by atoms with Gasteiger partial charge in [0, 0.05) is 30.2 Å². The van der Waals surface area contributed by atoms with Crippen molar-refractivity contribution in [3.8, 4) is 0 Å². The second-order valence-electron chi connectivity index (χ2n) is 7.20. The molecule has 0 aliphatic heterocycles. The van der Waals surface area contributed by atoms with E-state index in [2.05, 4.69) is 29.6 Å². The molecule has 0 saturated heterocycles. The van der Waals surface area contributed by atoms with Gasteiger partial charge in [-0.25, -0.2) is 0 Å². The predicted molar refractivity (Wildman–Crippen MR) is 108 cm³/mol. The number of nitrogens with one attached hydrogen (secondary N) is 1. The molecule has 3 nitrogen and oxygen atoms in total. The van der Waals surface area contributed by atoms with Crippen LogP contribution in [0.3, 0.4) is 0 Å². The molecule has 1 aliphatic rings. The summed E-state index contributed by atoms with van der Waals surface area (Å²) in [6.07, 6.45) is 4.37. The Labute approximate surface area is 161 Å². The zero-order valence-electron chi connectivity index (χ0n) is 15.5. The number of carbonyl (C=O) groups excluding carboxylic acids is 1. The van der Waals surface area contributed by atoms with Crippen LogP contribution in [0.1, 0.15) is 53.1 Å². The minimum absolute atomic E-state index is 0.0844. The molecule has 0 radical (unpaired) electrons. The fourth-order valence-electron chi connectivity index (χ4n) is 3.92. The van der Waals surface area contributed by atoms with Crippen molar-refractivity contribution in [1.29, 1.82) is 0 Å². The van der Waals surface area contributed by atoms with Gasteiger partial charge in [-0.05, 0) is 74.0 Å². The molecule has 4 heteroatoms. The molecule has 0 atom stereocenters. The molecule has 0 spiro atoms. The molecule has 0 heterocycles. The summed E-state index contributed by atoms with van der Waals surface area (Å²) in [4.78, 5) is 14.6. The second-order valence-corrected chi connectivity index (χ2v) is 7.64. The lowest BCUT2D eigenvalue weighted by Gasteiger charge is -2.35. The van der Waals surface area contributed by atoms with Crippen LogP contribution in [0.15, 0.2) is 48.5 Å². The normalized spacial score (nSPS) is 20.0. The number of benzene rings is 2. The first-order valence-electron chi connectivity index (χ1n) is 9.34. The molecule has 0 bridgehead atoms. The number of halogens is 1. The zero-order chi connectivity index (χ0) is 18.5. The quantitative estimate of drug-likeness (QED) is 0.815. The average molecular weight is 371 g/mol. The molecule has 1 N–H and O–H groups in total. The lowest BCUT2D eigenvalue weighted by atomic mass is 9.81. The van der Waals surface area contributed by atoms with Gasteiger partial charge in [-0.3, -0.25) is 4.79 Å². The largest absolute Gasteiger partial charge is 0.339 e. The molecular weight excluding hydrogens is 344 g/mol. The maximum absolute atomic E-state index is 12.7. The van der Waals surface area contributed by atoms with E-state index in [1.165, 1.54) is 11.1 Å². The number of carbonyl (C=O) groups is 1. The van der Waals surface area contributed by atoms with Crippen LogP contribution in [-0.4, -0.2) is 30.9 Å². The summed E-state index contributed by atoms with van der Waals surface area (Å²) in [5.41, 5.74) is 3.48. The van der Waals surface area contributed by atoms with Gasteiger partial charge < -0.3 is 10.2 Å². The Kier molecular flexibility index (Phi) is 6.33. The first-order chi connectivity index (χ1) is 12.6. The van der Waals surface area contributed by atoms with Crippen molar-refractivity contribution in [3.63, 3.8) is 0 Å². The molecule has 2 aromatic carbocycles. The van der Waals surface area contributed by atoms with Crippen molar-refractivity contribution >= 4 is 17.5 Å². The molecule has 1 saturated carbocycles. The van der Waals surface area contributed by atoms with E-state index >= 15 is 0 Å². The molecule has 26 heavy (non-hydrogen) atoms. The van der Waals surface area contributed by atoms with Crippen molar-refractivity contribution in [2.45, 2.75) is 44.2 Å². The van der Waals surface area contributed by atoms with Gasteiger partial charge in [-0.15, -0.1) is 0 Å². The van der Waals surface area contributed by atoms with E-state index in [9.17, 15) is 4.79 Å². The van der Waals surface area contributed by atoms with Crippen molar-refractivity contribution in [1.82, 2.24) is 10.2 Å². The Hall–Kier alpha value is -1.84. The Morgan fingerprint density at radius 2 is 1.81 bits per heavy atom. The summed E-state index contributed by atoms with van der Waals surface area (Å²) >= 11 is 5.92. The van der Waals surface area contributed by atoms with Crippen molar-refractivity contribution in [2.24, 2.45) is 0 Å². The second kappa shape index (κ2) is 8.70. The average Bonchev–Trinajstić information content (AvgIpc) is 2.68. The van der Waals surface area contributed by atoms with Gasteiger partial charge in [-0.2, -0.15) is 0 Å². The summed E-state index contributed by atoms with van der Waals surface area (Å²) in [6, 6.07) is 16.4. The Morgan fingerprint density at radius 1 is 1.12 bits per heavy atom. The highest BCUT2D eigenvalue weighted by Gasteiger charge is 2.27. The Bertz CT molecular complexity index is 736. The van der Waals surface area contributed by atoms with E-state index in [0.29, 0.717) is 22.5 Å². The van der Waals surface area contributed by atoms with Gasteiger partial charge >= 0.3 is 0 Å². The van der Waals surface area contributed by atoms with E-state index < -0.39 is 0 Å². The van der Waals surface area contributed by atoms with E-state index in [0.717, 1.165) is 32.2 Å². The third kappa shape index (κ3) is 4.46.